The van der Waals surface area contributed by atoms with Crippen molar-refractivity contribution in [2.24, 2.45) is 0 Å². The zero-order chi connectivity index (χ0) is 18.8. The molecule has 1 N–H and O–H groups in total. The number of carbonyl (C=O) groups is 1. The van der Waals surface area contributed by atoms with Gasteiger partial charge in [0.15, 0.2) is 0 Å². The van der Waals surface area contributed by atoms with Gasteiger partial charge >= 0.3 is 5.97 Å². The quantitative estimate of drug-likeness (QED) is 0.416. The highest BCUT2D eigenvalue weighted by Crippen LogP contribution is 2.22. The number of nitrogens with one attached hydrogen (secondary N) is 1. The molecule has 27 heavy (non-hydrogen) atoms. The smallest absolute Gasteiger partial charge is 0.379 e. The van der Waals surface area contributed by atoms with Crippen LogP contribution in [0, 0.1) is 13.8 Å². The summed E-state index contributed by atoms with van der Waals surface area (Å²) in [5.74, 6) is 0.582. The number of fused-ring (bicyclic) bond motifs is 1. The molecule has 2 heterocycles. The first-order valence-corrected chi connectivity index (χ1v) is 8.47. The summed E-state index contributed by atoms with van der Waals surface area (Å²) < 4.78 is 10.9. The Labute approximate surface area is 155 Å². The number of benzene rings is 2. The SMILES string of the molecule is Cc1cc(C)nc(Nc2ccc(OC(=O)c3cc4ccccc4o3)cc2)n1. The van der Waals surface area contributed by atoms with Crippen LogP contribution < -0.4 is 10.1 Å². The summed E-state index contributed by atoms with van der Waals surface area (Å²) in [4.78, 5) is 21.0. The highest BCUT2D eigenvalue weighted by atomic mass is 16.5. The second-order valence-electron chi connectivity index (χ2n) is 6.16. The maximum atomic E-state index is 12.3. The summed E-state index contributed by atoms with van der Waals surface area (Å²) in [5.41, 5.74) is 3.23. The number of rotatable bonds is 4. The van der Waals surface area contributed by atoms with Crippen molar-refractivity contribution in [1.82, 2.24) is 9.97 Å². The minimum Gasteiger partial charge on any atom is -0.449 e. The van der Waals surface area contributed by atoms with E-state index < -0.39 is 5.97 Å². The van der Waals surface area contributed by atoms with Gasteiger partial charge in [0.1, 0.15) is 11.3 Å². The summed E-state index contributed by atoms with van der Waals surface area (Å²) in [6.45, 7) is 3.83. The molecule has 0 spiro atoms. The van der Waals surface area contributed by atoms with E-state index in [1.54, 1.807) is 30.3 Å². The lowest BCUT2D eigenvalue weighted by molar-refractivity contribution is 0.0704. The third kappa shape index (κ3) is 3.79. The van der Waals surface area contributed by atoms with E-state index in [4.69, 9.17) is 9.15 Å². The van der Waals surface area contributed by atoms with Gasteiger partial charge in [0, 0.05) is 22.5 Å². The van der Waals surface area contributed by atoms with Gasteiger partial charge in [-0.25, -0.2) is 14.8 Å². The van der Waals surface area contributed by atoms with Crippen molar-refractivity contribution in [3.8, 4) is 5.75 Å². The van der Waals surface area contributed by atoms with Crippen molar-refractivity contribution in [3.05, 3.63) is 77.8 Å². The van der Waals surface area contributed by atoms with Gasteiger partial charge in [0.05, 0.1) is 0 Å². The number of para-hydroxylation sites is 1. The Hall–Kier alpha value is -3.67. The van der Waals surface area contributed by atoms with Gasteiger partial charge in [-0.05, 0) is 56.3 Å². The largest absolute Gasteiger partial charge is 0.449 e. The summed E-state index contributed by atoms with van der Waals surface area (Å²) >= 11 is 0. The van der Waals surface area contributed by atoms with E-state index in [9.17, 15) is 4.79 Å². The maximum Gasteiger partial charge on any atom is 0.379 e. The fourth-order valence-corrected chi connectivity index (χ4v) is 2.76. The number of nitrogens with zero attached hydrogens (tertiary/aromatic N) is 2. The Morgan fingerprint density at radius 1 is 0.963 bits per heavy atom. The van der Waals surface area contributed by atoms with E-state index in [0.29, 0.717) is 17.3 Å². The van der Waals surface area contributed by atoms with Crippen molar-refractivity contribution in [2.75, 3.05) is 5.32 Å². The first kappa shape index (κ1) is 16.8. The molecule has 4 aromatic rings. The molecular formula is C21H17N3O3. The van der Waals surface area contributed by atoms with Gasteiger partial charge in [-0.1, -0.05) is 18.2 Å². The highest BCUT2D eigenvalue weighted by molar-refractivity contribution is 5.93. The molecule has 0 atom stereocenters. The Bertz CT molecular complexity index is 1060. The molecule has 0 unspecified atom stereocenters. The Kier molecular flexibility index (Phi) is 4.30. The van der Waals surface area contributed by atoms with Crippen molar-refractivity contribution < 1.29 is 13.9 Å². The first-order chi connectivity index (χ1) is 13.1. The molecule has 0 aliphatic carbocycles. The van der Waals surface area contributed by atoms with Crippen LogP contribution in [0.1, 0.15) is 21.9 Å². The minimum atomic E-state index is -0.537. The van der Waals surface area contributed by atoms with Crippen molar-refractivity contribution >= 4 is 28.6 Å². The van der Waals surface area contributed by atoms with Crippen LogP contribution >= 0.6 is 0 Å². The van der Waals surface area contributed by atoms with E-state index in [1.165, 1.54) is 0 Å². The summed E-state index contributed by atoms with van der Waals surface area (Å²) in [6.07, 6.45) is 0. The Morgan fingerprint density at radius 3 is 2.37 bits per heavy atom. The van der Waals surface area contributed by atoms with E-state index in [0.717, 1.165) is 22.5 Å². The van der Waals surface area contributed by atoms with Crippen molar-refractivity contribution in [3.63, 3.8) is 0 Å². The van der Waals surface area contributed by atoms with Crippen LogP contribution in [0.15, 0.2) is 65.1 Å². The van der Waals surface area contributed by atoms with Gasteiger partial charge in [-0.15, -0.1) is 0 Å². The van der Waals surface area contributed by atoms with Crippen LogP contribution in [0.3, 0.4) is 0 Å². The number of aromatic nitrogens is 2. The monoisotopic (exact) mass is 359 g/mol. The molecule has 2 aromatic heterocycles. The lowest BCUT2D eigenvalue weighted by atomic mass is 10.2. The number of esters is 1. The predicted molar refractivity (Wildman–Crippen MR) is 102 cm³/mol. The van der Waals surface area contributed by atoms with Crippen molar-refractivity contribution in [1.29, 1.82) is 0 Å². The summed E-state index contributed by atoms with van der Waals surface area (Å²) in [7, 11) is 0. The zero-order valence-corrected chi connectivity index (χ0v) is 14.9. The van der Waals surface area contributed by atoms with Crippen LogP contribution in [0.25, 0.3) is 11.0 Å². The van der Waals surface area contributed by atoms with Gasteiger partial charge in [0.25, 0.3) is 0 Å². The highest BCUT2D eigenvalue weighted by Gasteiger charge is 2.14. The molecular weight excluding hydrogens is 342 g/mol. The number of ether oxygens (including phenoxy) is 1. The number of furan rings is 1. The third-order valence-electron chi connectivity index (χ3n) is 3.93. The van der Waals surface area contributed by atoms with E-state index >= 15 is 0 Å². The zero-order valence-electron chi connectivity index (χ0n) is 14.9. The van der Waals surface area contributed by atoms with Gasteiger partial charge in [-0.2, -0.15) is 0 Å². The van der Waals surface area contributed by atoms with Gasteiger partial charge in [0.2, 0.25) is 11.7 Å². The lowest BCUT2D eigenvalue weighted by Crippen LogP contribution is -2.07. The summed E-state index contributed by atoms with van der Waals surface area (Å²) in [6, 6.07) is 18.0. The van der Waals surface area contributed by atoms with Crippen LogP contribution in [-0.2, 0) is 0 Å². The molecule has 0 fully saturated rings. The number of carbonyl (C=O) groups excluding carboxylic acids is 1. The van der Waals surface area contributed by atoms with E-state index in [2.05, 4.69) is 15.3 Å². The molecule has 0 saturated heterocycles. The molecule has 2 aromatic carbocycles. The van der Waals surface area contributed by atoms with Crippen LogP contribution in [0.4, 0.5) is 11.6 Å². The lowest BCUT2D eigenvalue weighted by Gasteiger charge is -2.07. The molecule has 0 saturated carbocycles. The standard InChI is InChI=1S/C21H17N3O3/c1-13-11-14(2)23-21(22-13)24-16-7-9-17(10-8-16)26-20(25)19-12-15-5-3-4-6-18(15)27-19/h3-12H,1-2H3,(H,22,23,24). The molecule has 134 valence electrons. The van der Waals surface area contributed by atoms with Crippen LogP contribution in [0.5, 0.6) is 5.75 Å². The van der Waals surface area contributed by atoms with Crippen LogP contribution in [-0.4, -0.2) is 15.9 Å². The number of aryl methyl sites for hydroxylation is 2. The molecule has 0 aliphatic rings. The maximum absolute atomic E-state index is 12.3. The number of hydrogen-bond donors (Lipinski definition) is 1. The van der Waals surface area contributed by atoms with Crippen LogP contribution in [0.2, 0.25) is 0 Å². The van der Waals surface area contributed by atoms with Crippen molar-refractivity contribution in [2.45, 2.75) is 13.8 Å². The fraction of sp³-hybridized carbons (Fsp3) is 0.0952. The average molecular weight is 359 g/mol. The van der Waals surface area contributed by atoms with Gasteiger partial charge < -0.3 is 14.5 Å². The molecule has 6 nitrogen and oxygen atoms in total. The second-order valence-corrected chi connectivity index (χ2v) is 6.16. The predicted octanol–water partition coefficient (Wildman–Crippen LogP) is 4.80. The normalized spacial score (nSPS) is 10.7. The minimum absolute atomic E-state index is 0.169. The number of hydrogen-bond acceptors (Lipinski definition) is 6. The Balaban J connectivity index is 1.46. The Morgan fingerprint density at radius 2 is 1.67 bits per heavy atom. The average Bonchev–Trinajstić information content (AvgIpc) is 3.07. The van der Waals surface area contributed by atoms with Gasteiger partial charge in [-0.3, -0.25) is 0 Å². The molecule has 0 bridgehead atoms. The molecule has 6 heteroatoms. The molecule has 0 radical (unpaired) electrons. The second kappa shape index (κ2) is 6.92. The van der Waals surface area contributed by atoms with E-state index in [-0.39, 0.29) is 5.76 Å². The number of anilines is 2. The first-order valence-electron chi connectivity index (χ1n) is 8.47. The topological polar surface area (TPSA) is 77.3 Å². The molecule has 4 rings (SSSR count). The fourth-order valence-electron chi connectivity index (χ4n) is 2.76. The third-order valence-corrected chi connectivity index (χ3v) is 3.93. The summed E-state index contributed by atoms with van der Waals surface area (Å²) in [5, 5.41) is 3.99. The molecule has 0 amide bonds. The van der Waals surface area contributed by atoms with E-state index in [1.807, 2.05) is 44.2 Å². The molecule has 0 aliphatic heterocycles.